The number of nitrogens with zero attached hydrogens (tertiary/aromatic N) is 1. The van der Waals surface area contributed by atoms with Crippen LogP contribution in [0.25, 0.3) is 0 Å². The summed E-state index contributed by atoms with van der Waals surface area (Å²) in [4.78, 5) is 21.5. The van der Waals surface area contributed by atoms with Crippen molar-refractivity contribution in [2.75, 3.05) is 7.11 Å². The fourth-order valence-corrected chi connectivity index (χ4v) is 1.67. The van der Waals surface area contributed by atoms with Gasteiger partial charge < -0.3 is 10.5 Å². The molecule has 0 aliphatic rings. The molecule has 0 amide bonds. The molecule has 0 saturated carbocycles. The van der Waals surface area contributed by atoms with Crippen LogP contribution in [-0.4, -0.2) is 18.0 Å². The number of benzene rings is 1. The number of halogens is 1. The number of esters is 1. The molecule has 0 aliphatic carbocycles. The Labute approximate surface area is 109 Å². The highest BCUT2D eigenvalue weighted by Gasteiger charge is 2.37. The molecule has 19 heavy (non-hydrogen) atoms. The second-order valence-corrected chi connectivity index (χ2v) is 4.66. The number of methoxy groups -OCH3 is 1. The lowest BCUT2D eigenvalue weighted by atomic mass is 9.81. The maximum Gasteiger partial charge on any atom is 0.313 e. The van der Waals surface area contributed by atoms with Crippen LogP contribution in [0.1, 0.15) is 25.5 Å². The molecule has 0 aliphatic heterocycles. The Balaban J connectivity index is 3.20. The minimum Gasteiger partial charge on any atom is -0.469 e. The molecular formula is C12H15FN2O4. The van der Waals surface area contributed by atoms with Crippen LogP contribution in [0.15, 0.2) is 18.2 Å². The molecule has 0 fully saturated rings. The minimum absolute atomic E-state index is 0.295. The molecule has 104 valence electrons. The lowest BCUT2D eigenvalue weighted by molar-refractivity contribution is -0.387. The first-order valence-electron chi connectivity index (χ1n) is 5.49. The van der Waals surface area contributed by atoms with Crippen molar-refractivity contribution in [3.8, 4) is 0 Å². The molecule has 0 radical (unpaired) electrons. The summed E-state index contributed by atoms with van der Waals surface area (Å²) in [5.41, 5.74) is 4.46. The van der Waals surface area contributed by atoms with E-state index in [1.807, 2.05) is 0 Å². The summed E-state index contributed by atoms with van der Waals surface area (Å²) in [6.45, 7) is 3.11. The van der Waals surface area contributed by atoms with Gasteiger partial charge in [0.25, 0.3) is 0 Å². The molecule has 0 saturated heterocycles. The Morgan fingerprint density at radius 3 is 2.58 bits per heavy atom. The summed E-state index contributed by atoms with van der Waals surface area (Å²) < 4.78 is 17.9. The van der Waals surface area contributed by atoms with Gasteiger partial charge in [-0.3, -0.25) is 14.9 Å². The zero-order valence-corrected chi connectivity index (χ0v) is 10.8. The molecule has 1 rings (SSSR count). The third-order valence-electron chi connectivity index (χ3n) is 3.02. The number of carbonyl (C=O) groups is 1. The minimum atomic E-state index is -1.08. The van der Waals surface area contributed by atoms with Crippen LogP contribution in [0, 0.1) is 21.3 Å². The van der Waals surface area contributed by atoms with Gasteiger partial charge in [0.15, 0.2) is 0 Å². The number of ether oxygens (including phenoxy) is 1. The molecule has 2 N–H and O–H groups in total. The topological polar surface area (TPSA) is 95.5 Å². The standard InChI is InChI=1S/C12H15FN2O4/c1-12(2,11(16)19-3)10(14)7-4-5-8(13)9(6-7)15(17)18/h4-6,10H,14H2,1-3H3/t10-/m0/s1. The Bertz CT molecular complexity index is 516. The van der Waals surface area contributed by atoms with Crippen LogP contribution >= 0.6 is 0 Å². The first kappa shape index (κ1) is 15.0. The van der Waals surface area contributed by atoms with E-state index < -0.39 is 33.9 Å². The van der Waals surface area contributed by atoms with Gasteiger partial charge in [0, 0.05) is 12.1 Å². The van der Waals surface area contributed by atoms with Gasteiger partial charge in [-0.05, 0) is 25.5 Å². The summed E-state index contributed by atoms with van der Waals surface area (Å²) in [6.07, 6.45) is 0. The van der Waals surface area contributed by atoms with Gasteiger partial charge in [-0.2, -0.15) is 4.39 Å². The second kappa shape index (κ2) is 5.31. The van der Waals surface area contributed by atoms with Crippen molar-refractivity contribution >= 4 is 11.7 Å². The summed E-state index contributed by atoms with van der Waals surface area (Å²) in [5, 5.41) is 10.7. The van der Waals surface area contributed by atoms with Gasteiger partial charge in [-0.15, -0.1) is 0 Å². The van der Waals surface area contributed by atoms with Crippen LogP contribution in [0.4, 0.5) is 10.1 Å². The Morgan fingerprint density at radius 2 is 2.11 bits per heavy atom. The van der Waals surface area contributed by atoms with E-state index in [0.717, 1.165) is 12.1 Å². The van der Waals surface area contributed by atoms with Crippen LogP contribution in [0.2, 0.25) is 0 Å². The maximum absolute atomic E-state index is 13.2. The van der Waals surface area contributed by atoms with Gasteiger partial charge in [0.05, 0.1) is 17.4 Å². The summed E-state index contributed by atoms with van der Waals surface area (Å²) >= 11 is 0. The van der Waals surface area contributed by atoms with Crippen LogP contribution < -0.4 is 5.73 Å². The average Bonchev–Trinajstić information content (AvgIpc) is 2.36. The first-order chi connectivity index (χ1) is 8.71. The predicted octanol–water partition coefficient (Wildman–Crippen LogP) is 1.93. The monoisotopic (exact) mass is 270 g/mol. The molecule has 1 aromatic carbocycles. The van der Waals surface area contributed by atoms with E-state index in [1.165, 1.54) is 13.2 Å². The molecule has 0 aromatic heterocycles. The number of carbonyl (C=O) groups excluding carboxylic acids is 1. The van der Waals surface area contributed by atoms with E-state index in [2.05, 4.69) is 4.74 Å². The summed E-state index contributed by atoms with van der Waals surface area (Å²) in [6, 6.07) is 2.46. The molecule has 1 atom stereocenters. The van der Waals surface area contributed by atoms with Crippen molar-refractivity contribution in [2.45, 2.75) is 19.9 Å². The lowest BCUT2D eigenvalue weighted by Crippen LogP contribution is -2.37. The van der Waals surface area contributed by atoms with Crippen molar-refractivity contribution in [3.05, 3.63) is 39.7 Å². The first-order valence-corrected chi connectivity index (χ1v) is 5.49. The lowest BCUT2D eigenvalue weighted by Gasteiger charge is -2.28. The zero-order valence-electron chi connectivity index (χ0n) is 10.8. The van der Waals surface area contributed by atoms with Crippen molar-refractivity contribution < 1.29 is 18.8 Å². The molecule has 0 unspecified atom stereocenters. The largest absolute Gasteiger partial charge is 0.469 e. The van der Waals surface area contributed by atoms with E-state index in [9.17, 15) is 19.3 Å². The van der Waals surface area contributed by atoms with Crippen LogP contribution in [-0.2, 0) is 9.53 Å². The van der Waals surface area contributed by atoms with E-state index in [0.29, 0.717) is 5.56 Å². The molecule has 6 nitrogen and oxygen atoms in total. The van der Waals surface area contributed by atoms with E-state index in [1.54, 1.807) is 13.8 Å². The van der Waals surface area contributed by atoms with E-state index in [4.69, 9.17) is 5.73 Å². The number of hydrogen-bond acceptors (Lipinski definition) is 5. The van der Waals surface area contributed by atoms with E-state index in [-0.39, 0.29) is 0 Å². The quantitative estimate of drug-likeness (QED) is 0.512. The summed E-state index contributed by atoms with van der Waals surface area (Å²) in [7, 11) is 1.23. The Hall–Kier alpha value is -2.02. The maximum atomic E-state index is 13.2. The number of nitro groups is 1. The number of hydrogen-bond donors (Lipinski definition) is 1. The van der Waals surface area contributed by atoms with E-state index >= 15 is 0 Å². The highest BCUT2D eigenvalue weighted by molar-refractivity contribution is 5.77. The summed E-state index contributed by atoms with van der Waals surface area (Å²) in [5.74, 6) is -1.50. The molecule has 1 aromatic rings. The van der Waals surface area contributed by atoms with Crippen molar-refractivity contribution in [2.24, 2.45) is 11.1 Å². The zero-order chi connectivity index (χ0) is 14.8. The van der Waals surface area contributed by atoms with Gasteiger partial charge in [-0.25, -0.2) is 0 Å². The average molecular weight is 270 g/mol. The normalized spacial score (nSPS) is 12.9. The third-order valence-corrected chi connectivity index (χ3v) is 3.02. The van der Waals surface area contributed by atoms with Crippen molar-refractivity contribution in [3.63, 3.8) is 0 Å². The number of rotatable bonds is 4. The SMILES string of the molecule is COC(=O)C(C)(C)[C@@H](N)c1ccc(F)c([N+](=O)[O-])c1. The smallest absolute Gasteiger partial charge is 0.313 e. The molecule has 0 bridgehead atoms. The van der Waals surface area contributed by atoms with Crippen molar-refractivity contribution in [1.29, 1.82) is 0 Å². The molecular weight excluding hydrogens is 255 g/mol. The van der Waals surface area contributed by atoms with Gasteiger partial charge in [-0.1, -0.05) is 6.07 Å². The third kappa shape index (κ3) is 2.87. The predicted molar refractivity (Wildman–Crippen MR) is 65.8 cm³/mol. The van der Waals surface area contributed by atoms with Crippen LogP contribution in [0.5, 0.6) is 0 Å². The highest BCUT2D eigenvalue weighted by Crippen LogP contribution is 2.34. The molecule has 0 spiro atoms. The fraction of sp³-hybridized carbons (Fsp3) is 0.417. The van der Waals surface area contributed by atoms with Crippen LogP contribution in [0.3, 0.4) is 0 Å². The van der Waals surface area contributed by atoms with Gasteiger partial charge in [0.2, 0.25) is 5.82 Å². The molecule has 0 heterocycles. The van der Waals surface area contributed by atoms with Gasteiger partial charge >= 0.3 is 11.7 Å². The number of nitrogens with two attached hydrogens (primary N) is 1. The fourth-order valence-electron chi connectivity index (χ4n) is 1.67. The Kier molecular flexibility index (Phi) is 4.21. The van der Waals surface area contributed by atoms with Gasteiger partial charge in [0.1, 0.15) is 0 Å². The van der Waals surface area contributed by atoms with Crippen molar-refractivity contribution in [1.82, 2.24) is 0 Å². The second-order valence-electron chi connectivity index (χ2n) is 4.66. The highest BCUT2D eigenvalue weighted by atomic mass is 19.1. The Morgan fingerprint density at radius 1 is 1.53 bits per heavy atom. The molecule has 7 heteroatoms. The number of nitro benzene ring substituents is 1.